The fraction of sp³-hybridized carbons (Fsp3) is 0.444. The van der Waals surface area contributed by atoms with Crippen molar-refractivity contribution in [2.45, 2.75) is 13.0 Å². The molecule has 1 aliphatic heterocycles. The molecule has 0 bridgehead atoms. The van der Waals surface area contributed by atoms with E-state index in [1.165, 1.54) is 5.56 Å². The van der Waals surface area contributed by atoms with Gasteiger partial charge >= 0.3 is 0 Å². The molecule has 1 fully saturated rings. The minimum Gasteiger partial charge on any atom is -0.396 e. The maximum absolute atomic E-state index is 12.7. The zero-order valence-electron chi connectivity index (χ0n) is 14.4. The van der Waals surface area contributed by atoms with E-state index in [0.717, 1.165) is 11.3 Å². The van der Waals surface area contributed by atoms with Crippen molar-refractivity contribution in [1.29, 1.82) is 0 Å². The summed E-state index contributed by atoms with van der Waals surface area (Å²) < 4.78 is 0. The molecule has 2 atom stereocenters. The Kier molecular flexibility index (Phi) is 4.69. The number of amides is 1. The van der Waals surface area contributed by atoms with Crippen LogP contribution in [0.25, 0.3) is 11.3 Å². The number of hydrogen-bond acceptors (Lipinski definition) is 4. The molecule has 0 spiro atoms. The molecule has 0 saturated carbocycles. The number of benzene rings is 1. The number of likely N-dealkylation sites (N-methyl/N-ethyl adjacent to an activating group) is 1. The number of carbonyl (C=O) groups excluding carboxylic acids is 1. The summed E-state index contributed by atoms with van der Waals surface area (Å²) in [5, 5.41) is 16.7. The fourth-order valence-electron chi connectivity index (χ4n) is 3.26. The summed E-state index contributed by atoms with van der Waals surface area (Å²) in [7, 11) is 3.96. The molecule has 24 heavy (non-hydrogen) atoms. The molecule has 2 heterocycles. The molecule has 1 amide bonds. The van der Waals surface area contributed by atoms with Gasteiger partial charge in [-0.2, -0.15) is 5.10 Å². The number of likely N-dealkylation sites (tertiary alicyclic amines) is 1. The van der Waals surface area contributed by atoms with E-state index in [2.05, 4.69) is 15.1 Å². The minimum absolute atomic E-state index is 0.0661. The standard InChI is InChI=1S/C18H24N4O2/c1-12-4-6-13(7-5-12)15-8-16(20-19-15)18(24)22-9-14(11-23)17(10-22)21(2)3/h4-8,14,17,23H,9-11H2,1-3H3,(H,19,20)/t14-,17+/m0/s1. The van der Waals surface area contributed by atoms with Gasteiger partial charge in [0.15, 0.2) is 0 Å². The maximum atomic E-state index is 12.7. The Morgan fingerprint density at radius 3 is 2.62 bits per heavy atom. The number of aliphatic hydroxyl groups excluding tert-OH is 1. The number of aliphatic hydroxyl groups is 1. The number of rotatable bonds is 4. The molecule has 3 rings (SSSR count). The zero-order valence-corrected chi connectivity index (χ0v) is 14.4. The van der Waals surface area contributed by atoms with Crippen molar-refractivity contribution in [3.8, 4) is 11.3 Å². The van der Waals surface area contributed by atoms with Crippen molar-refractivity contribution in [3.05, 3.63) is 41.6 Å². The van der Waals surface area contributed by atoms with E-state index in [9.17, 15) is 9.90 Å². The molecule has 2 aromatic rings. The highest BCUT2D eigenvalue weighted by Crippen LogP contribution is 2.23. The van der Waals surface area contributed by atoms with Gasteiger partial charge in [-0.3, -0.25) is 9.89 Å². The first-order chi connectivity index (χ1) is 11.5. The normalized spacial score (nSPS) is 20.8. The second-order valence-electron chi connectivity index (χ2n) is 6.72. The number of nitrogens with one attached hydrogen (secondary N) is 1. The largest absolute Gasteiger partial charge is 0.396 e. The average Bonchev–Trinajstić information content (AvgIpc) is 3.22. The first-order valence-corrected chi connectivity index (χ1v) is 8.18. The van der Waals surface area contributed by atoms with Crippen LogP contribution in [0.3, 0.4) is 0 Å². The van der Waals surface area contributed by atoms with Crippen molar-refractivity contribution >= 4 is 5.91 Å². The van der Waals surface area contributed by atoms with E-state index >= 15 is 0 Å². The zero-order chi connectivity index (χ0) is 17.3. The van der Waals surface area contributed by atoms with Gasteiger partial charge in [-0.1, -0.05) is 29.8 Å². The van der Waals surface area contributed by atoms with Crippen LogP contribution in [-0.2, 0) is 0 Å². The third-order valence-corrected chi connectivity index (χ3v) is 4.75. The van der Waals surface area contributed by atoms with Crippen LogP contribution >= 0.6 is 0 Å². The monoisotopic (exact) mass is 328 g/mol. The van der Waals surface area contributed by atoms with Crippen LogP contribution in [0.2, 0.25) is 0 Å². The average molecular weight is 328 g/mol. The van der Waals surface area contributed by atoms with Gasteiger partial charge < -0.3 is 14.9 Å². The number of hydrogen-bond donors (Lipinski definition) is 2. The van der Waals surface area contributed by atoms with E-state index in [1.54, 1.807) is 11.0 Å². The summed E-state index contributed by atoms with van der Waals surface area (Å²) in [6, 6.07) is 10.0. The lowest BCUT2D eigenvalue weighted by atomic mass is 10.0. The molecule has 1 aromatic heterocycles. The van der Waals surface area contributed by atoms with Crippen LogP contribution in [0.4, 0.5) is 0 Å². The lowest BCUT2D eigenvalue weighted by Crippen LogP contribution is -2.37. The van der Waals surface area contributed by atoms with Gasteiger partial charge in [-0.15, -0.1) is 0 Å². The lowest BCUT2D eigenvalue weighted by Gasteiger charge is -2.23. The van der Waals surface area contributed by atoms with E-state index in [-0.39, 0.29) is 24.5 Å². The Morgan fingerprint density at radius 2 is 2.04 bits per heavy atom. The Morgan fingerprint density at radius 1 is 1.33 bits per heavy atom. The number of nitrogens with zero attached hydrogens (tertiary/aromatic N) is 3. The molecule has 1 saturated heterocycles. The van der Waals surface area contributed by atoms with Gasteiger partial charge in [-0.05, 0) is 27.1 Å². The number of aryl methyl sites for hydroxylation is 1. The summed E-state index contributed by atoms with van der Waals surface area (Å²) in [6.45, 7) is 3.31. The highest BCUT2D eigenvalue weighted by molar-refractivity contribution is 5.93. The van der Waals surface area contributed by atoms with Crippen molar-refractivity contribution < 1.29 is 9.90 Å². The van der Waals surface area contributed by atoms with Crippen LogP contribution < -0.4 is 0 Å². The van der Waals surface area contributed by atoms with Crippen molar-refractivity contribution in [3.63, 3.8) is 0 Å². The van der Waals surface area contributed by atoms with Crippen LogP contribution in [0.5, 0.6) is 0 Å². The summed E-state index contributed by atoms with van der Waals surface area (Å²) in [5.74, 6) is 0.0205. The first kappa shape index (κ1) is 16.7. The summed E-state index contributed by atoms with van der Waals surface area (Å²) in [4.78, 5) is 16.6. The van der Waals surface area contributed by atoms with Crippen molar-refractivity contribution in [2.75, 3.05) is 33.8 Å². The van der Waals surface area contributed by atoms with Gasteiger partial charge in [0.25, 0.3) is 5.91 Å². The van der Waals surface area contributed by atoms with Gasteiger partial charge in [0.1, 0.15) is 5.69 Å². The maximum Gasteiger partial charge on any atom is 0.271 e. The predicted molar refractivity (Wildman–Crippen MR) is 92.7 cm³/mol. The number of H-pyrrole nitrogens is 1. The fourth-order valence-corrected chi connectivity index (χ4v) is 3.26. The molecule has 0 aliphatic carbocycles. The summed E-state index contributed by atoms with van der Waals surface area (Å²) in [5.41, 5.74) is 3.42. The van der Waals surface area contributed by atoms with Crippen LogP contribution in [-0.4, -0.2) is 70.8 Å². The van der Waals surface area contributed by atoms with Gasteiger partial charge in [0.05, 0.1) is 5.69 Å². The molecule has 2 N–H and O–H groups in total. The van der Waals surface area contributed by atoms with E-state index in [1.807, 2.05) is 45.3 Å². The Bertz CT molecular complexity index is 708. The number of aromatic amines is 1. The minimum atomic E-state index is -0.0661. The van der Waals surface area contributed by atoms with E-state index < -0.39 is 0 Å². The Balaban J connectivity index is 1.76. The highest BCUT2D eigenvalue weighted by Gasteiger charge is 2.36. The second kappa shape index (κ2) is 6.75. The molecule has 6 heteroatoms. The SMILES string of the molecule is Cc1ccc(-c2cc(C(=O)N3C[C@@H](CO)[C@H](N(C)C)C3)[nH]n2)cc1. The van der Waals surface area contributed by atoms with Gasteiger partial charge in [0, 0.05) is 37.2 Å². The molecule has 1 aromatic carbocycles. The summed E-state index contributed by atoms with van der Waals surface area (Å²) >= 11 is 0. The Labute approximate surface area is 142 Å². The molecule has 6 nitrogen and oxygen atoms in total. The Hall–Kier alpha value is -2.18. The quantitative estimate of drug-likeness (QED) is 0.889. The molecule has 1 aliphatic rings. The lowest BCUT2D eigenvalue weighted by molar-refractivity contribution is 0.0773. The van der Waals surface area contributed by atoms with E-state index in [4.69, 9.17) is 0 Å². The molecule has 0 unspecified atom stereocenters. The molecule has 128 valence electrons. The van der Waals surface area contributed by atoms with Crippen LogP contribution in [0, 0.1) is 12.8 Å². The highest BCUT2D eigenvalue weighted by atomic mass is 16.3. The first-order valence-electron chi connectivity index (χ1n) is 8.18. The van der Waals surface area contributed by atoms with Crippen LogP contribution in [0.1, 0.15) is 16.1 Å². The van der Waals surface area contributed by atoms with E-state index in [0.29, 0.717) is 18.8 Å². The smallest absolute Gasteiger partial charge is 0.271 e. The van der Waals surface area contributed by atoms with Gasteiger partial charge in [0.2, 0.25) is 0 Å². The van der Waals surface area contributed by atoms with Crippen LogP contribution in [0.15, 0.2) is 30.3 Å². The molecule has 0 radical (unpaired) electrons. The topological polar surface area (TPSA) is 72.5 Å². The third-order valence-electron chi connectivity index (χ3n) is 4.75. The predicted octanol–water partition coefficient (Wildman–Crippen LogP) is 1.38. The molecular weight excluding hydrogens is 304 g/mol. The second-order valence-corrected chi connectivity index (χ2v) is 6.72. The number of carbonyl (C=O) groups is 1. The summed E-state index contributed by atoms with van der Waals surface area (Å²) in [6.07, 6.45) is 0. The number of aromatic nitrogens is 2. The van der Waals surface area contributed by atoms with Gasteiger partial charge in [-0.25, -0.2) is 0 Å². The molecular formula is C18H24N4O2. The third kappa shape index (κ3) is 3.20. The van der Waals surface area contributed by atoms with Crippen molar-refractivity contribution in [2.24, 2.45) is 5.92 Å². The van der Waals surface area contributed by atoms with Crippen molar-refractivity contribution in [1.82, 2.24) is 20.0 Å².